The molecule has 3 rings (SSSR count). The van der Waals surface area contributed by atoms with Crippen molar-refractivity contribution in [3.63, 3.8) is 0 Å². The van der Waals surface area contributed by atoms with Crippen LogP contribution in [0, 0.1) is 12.7 Å². The number of nitrogens with zero attached hydrogens (tertiary/aromatic N) is 2. The van der Waals surface area contributed by atoms with Gasteiger partial charge >= 0.3 is 0 Å². The van der Waals surface area contributed by atoms with E-state index < -0.39 is 5.82 Å². The number of nitrogens with one attached hydrogen (secondary N) is 1. The van der Waals surface area contributed by atoms with Crippen LogP contribution in [0.5, 0.6) is 0 Å². The van der Waals surface area contributed by atoms with E-state index >= 15 is 0 Å². The fourth-order valence-electron chi connectivity index (χ4n) is 2.22. The lowest BCUT2D eigenvalue weighted by molar-refractivity contribution is 0.629. The molecule has 0 aliphatic carbocycles. The Morgan fingerprint density at radius 2 is 1.95 bits per heavy atom. The standard InChI is InChI=1S/C15H12Cl2FN3/c1-9-13(21-5-3-2-4-14(21)20-9)8-19-10-6-11(16)15(18)12(17)7-10/h2-7,19H,8H2,1H3. The quantitative estimate of drug-likeness (QED) is 0.708. The molecule has 0 saturated carbocycles. The van der Waals surface area contributed by atoms with Crippen molar-refractivity contribution in [3.8, 4) is 0 Å². The maximum Gasteiger partial charge on any atom is 0.160 e. The van der Waals surface area contributed by atoms with Gasteiger partial charge in [-0.2, -0.15) is 0 Å². The topological polar surface area (TPSA) is 29.3 Å². The van der Waals surface area contributed by atoms with Crippen molar-refractivity contribution in [2.24, 2.45) is 0 Å². The summed E-state index contributed by atoms with van der Waals surface area (Å²) >= 11 is 11.6. The molecule has 0 amide bonds. The molecule has 1 N–H and O–H groups in total. The molecule has 3 nitrogen and oxygen atoms in total. The fraction of sp³-hybridized carbons (Fsp3) is 0.133. The zero-order chi connectivity index (χ0) is 15.0. The Balaban J connectivity index is 1.88. The fourth-order valence-corrected chi connectivity index (χ4v) is 2.71. The first kappa shape index (κ1) is 14.2. The summed E-state index contributed by atoms with van der Waals surface area (Å²) in [6, 6.07) is 8.87. The third-order valence-corrected chi connectivity index (χ3v) is 3.82. The Hall–Kier alpha value is -1.78. The highest BCUT2D eigenvalue weighted by Crippen LogP contribution is 2.27. The van der Waals surface area contributed by atoms with Crippen LogP contribution in [0.15, 0.2) is 36.5 Å². The zero-order valence-electron chi connectivity index (χ0n) is 11.2. The van der Waals surface area contributed by atoms with E-state index in [0.29, 0.717) is 12.2 Å². The molecule has 0 bridgehead atoms. The highest BCUT2D eigenvalue weighted by atomic mass is 35.5. The number of fused-ring (bicyclic) bond motifs is 1. The summed E-state index contributed by atoms with van der Waals surface area (Å²) in [5, 5.41) is 3.19. The number of pyridine rings is 1. The van der Waals surface area contributed by atoms with Gasteiger partial charge in [0.15, 0.2) is 5.82 Å². The third kappa shape index (κ3) is 2.69. The summed E-state index contributed by atoms with van der Waals surface area (Å²) in [5.74, 6) is -0.602. The second-order valence-corrected chi connectivity index (χ2v) is 5.49. The van der Waals surface area contributed by atoms with Crippen molar-refractivity contribution in [1.29, 1.82) is 0 Å². The van der Waals surface area contributed by atoms with Gasteiger partial charge in [0.25, 0.3) is 0 Å². The summed E-state index contributed by atoms with van der Waals surface area (Å²) in [4.78, 5) is 4.49. The van der Waals surface area contributed by atoms with Crippen LogP contribution in [0.2, 0.25) is 10.0 Å². The van der Waals surface area contributed by atoms with Crippen LogP contribution >= 0.6 is 23.2 Å². The van der Waals surface area contributed by atoms with Crippen LogP contribution in [-0.4, -0.2) is 9.38 Å². The van der Waals surface area contributed by atoms with Crippen LogP contribution in [0.25, 0.3) is 5.65 Å². The maximum atomic E-state index is 13.4. The Morgan fingerprint density at radius 3 is 2.67 bits per heavy atom. The predicted octanol–water partition coefficient (Wildman–Crippen LogP) is 4.70. The van der Waals surface area contributed by atoms with E-state index in [2.05, 4.69) is 10.3 Å². The molecule has 6 heteroatoms. The number of aryl methyl sites for hydroxylation is 1. The number of anilines is 1. The summed E-state index contributed by atoms with van der Waals surface area (Å²) in [5.41, 5.74) is 3.52. The zero-order valence-corrected chi connectivity index (χ0v) is 12.7. The van der Waals surface area contributed by atoms with E-state index in [1.807, 2.05) is 35.7 Å². The molecule has 3 aromatic rings. The van der Waals surface area contributed by atoms with Crippen LogP contribution in [0.3, 0.4) is 0 Å². The molecule has 2 aromatic heterocycles. The van der Waals surface area contributed by atoms with Gasteiger partial charge in [-0.05, 0) is 31.2 Å². The highest BCUT2D eigenvalue weighted by molar-refractivity contribution is 6.35. The molecule has 21 heavy (non-hydrogen) atoms. The summed E-state index contributed by atoms with van der Waals surface area (Å²) in [6.07, 6.45) is 1.96. The Morgan fingerprint density at radius 1 is 1.24 bits per heavy atom. The molecule has 0 radical (unpaired) electrons. The number of halogens is 3. The Labute approximate surface area is 131 Å². The Bertz CT molecular complexity index is 791. The van der Waals surface area contributed by atoms with Gasteiger partial charge in [0.05, 0.1) is 28.0 Å². The van der Waals surface area contributed by atoms with E-state index in [0.717, 1.165) is 17.0 Å². The van der Waals surface area contributed by atoms with Gasteiger partial charge in [0, 0.05) is 11.9 Å². The molecule has 0 spiro atoms. The molecule has 0 atom stereocenters. The van der Waals surface area contributed by atoms with Crippen LogP contribution in [-0.2, 0) is 6.54 Å². The van der Waals surface area contributed by atoms with Crippen LogP contribution < -0.4 is 5.32 Å². The number of aromatic nitrogens is 2. The van der Waals surface area contributed by atoms with Crippen molar-refractivity contribution >= 4 is 34.5 Å². The van der Waals surface area contributed by atoms with Crippen molar-refractivity contribution in [2.75, 3.05) is 5.32 Å². The average molecular weight is 324 g/mol. The lowest BCUT2D eigenvalue weighted by atomic mass is 10.3. The number of hydrogen-bond donors (Lipinski definition) is 1. The van der Waals surface area contributed by atoms with Gasteiger partial charge in [0.1, 0.15) is 5.65 Å². The van der Waals surface area contributed by atoms with Gasteiger partial charge < -0.3 is 9.72 Å². The minimum absolute atomic E-state index is 0.000126. The number of rotatable bonds is 3. The number of hydrogen-bond acceptors (Lipinski definition) is 2. The lowest BCUT2D eigenvalue weighted by Gasteiger charge is -2.09. The molecule has 0 unspecified atom stereocenters. The molecule has 0 fully saturated rings. The first-order chi connectivity index (χ1) is 10.1. The molecule has 0 aliphatic rings. The lowest BCUT2D eigenvalue weighted by Crippen LogP contribution is -2.04. The van der Waals surface area contributed by atoms with Crippen molar-refractivity contribution in [3.05, 3.63) is 63.8 Å². The monoisotopic (exact) mass is 323 g/mol. The Kier molecular flexibility index (Phi) is 3.74. The molecule has 0 saturated heterocycles. The van der Waals surface area contributed by atoms with Gasteiger partial charge in [-0.25, -0.2) is 9.37 Å². The minimum atomic E-state index is -0.602. The molecular weight excluding hydrogens is 312 g/mol. The van der Waals surface area contributed by atoms with Crippen LogP contribution in [0.4, 0.5) is 10.1 Å². The number of imidazole rings is 1. The smallest absolute Gasteiger partial charge is 0.160 e. The largest absolute Gasteiger partial charge is 0.379 e. The van der Waals surface area contributed by atoms with Crippen LogP contribution in [0.1, 0.15) is 11.4 Å². The van der Waals surface area contributed by atoms with E-state index in [1.165, 1.54) is 12.1 Å². The second kappa shape index (κ2) is 5.54. The van der Waals surface area contributed by atoms with Gasteiger partial charge in [-0.1, -0.05) is 29.3 Å². The maximum absolute atomic E-state index is 13.4. The third-order valence-electron chi connectivity index (χ3n) is 3.27. The molecular formula is C15H12Cl2FN3. The molecule has 2 heterocycles. The molecule has 0 aliphatic heterocycles. The van der Waals surface area contributed by atoms with E-state index in [1.54, 1.807) is 0 Å². The first-order valence-corrected chi connectivity index (χ1v) is 7.13. The predicted molar refractivity (Wildman–Crippen MR) is 83.7 cm³/mol. The highest BCUT2D eigenvalue weighted by Gasteiger charge is 2.10. The normalized spacial score (nSPS) is 11.0. The SMILES string of the molecule is Cc1nc2ccccn2c1CNc1cc(Cl)c(F)c(Cl)c1. The molecule has 108 valence electrons. The summed E-state index contributed by atoms with van der Waals surface area (Å²) < 4.78 is 15.4. The van der Waals surface area contributed by atoms with Crippen molar-refractivity contribution in [2.45, 2.75) is 13.5 Å². The van der Waals surface area contributed by atoms with Crippen molar-refractivity contribution in [1.82, 2.24) is 9.38 Å². The second-order valence-electron chi connectivity index (χ2n) is 4.68. The van der Waals surface area contributed by atoms with Gasteiger partial charge in [0.2, 0.25) is 0 Å². The minimum Gasteiger partial charge on any atom is -0.379 e. The molecule has 1 aromatic carbocycles. The first-order valence-electron chi connectivity index (χ1n) is 6.37. The van der Waals surface area contributed by atoms with Gasteiger partial charge in [-0.15, -0.1) is 0 Å². The summed E-state index contributed by atoms with van der Waals surface area (Å²) in [7, 11) is 0. The average Bonchev–Trinajstić information content (AvgIpc) is 2.78. The van der Waals surface area contributed by atoms with E-state index in [9.17, 15) is 4.39 Å². The van der Waals surface area contributed by atoms with Gasteiger partial charge in [-0.3, -0.25) is 0 Å². The van der Waals surface area contributed by atoms with Crippen molar-refractivity contribution < 1.29 is 4.39 Å². The van der Waals surface area contributed by atoms with E-state index in [-0.39, 0.29) is 10.0 Å². The number of benzene rings is 1. The summed E-state index contributed by atoms with van der Waals surface area (Å²) in [6.45, 7) is 2.49. The van der Waals surface area contributed by atoms with E-state index in [4.69, 9.17) is 23.2 Å².